The largest absolute Gasteiger partial charge is 0.264 e. The molecule has 3 nitrogen and oxygen atoms in total. The first-order chi connectivity index (χ1) is 31.5. The maximum atomic E-state index is 5.34. The van der Waals surface area contributed by atoms with Gasteiger partial charge in [0.25, 0.3) is 0 Å². The number of hydrogen-bond acceptors (Lipinski definition) is 4. The SMILES string of the molecule is CC1(C)c2ccccc2-c2c1ccc(-c1cccc(-c3cc(-c4cc(-c5ccccc5)cc(-c5ccc6sc7ccccc7c6c5)c4)nc(-c4ccccc4)n3)c1)c2-c1cccnc1. The first kappa shape index (κ1) is 37.9. The van der Waals surface area contributed by atoms with Crippen LogP contribution >= 0.6 is 11.3 Å². The van der Waals surface area contributed by atoms with Gasteiger partial charge in [0.2, 0.25) is 0 Å². The lowest BCUT2D eigenvalue weighted by Gasteiger charge is -2.23. The van der Waals surface area contributed by atoms with Crippen LogP contribution in [0, 0.1) is 0 Å². The van der Waals surface area contributed by atoms with Gasteiger partial charge in [0.15, 0.2) is 5.82 Å². The van der Waals surface area contributed by atoms with E-state index >= 15 is 0 Å². The van der Waals surface area contributed by atoms with Crippen molar-refractivity contribution in [1.82, 2.24) is 15.0 Å². The van der Waals surface area contributed by atoms with Crippen LogP contribution in [-0.2, 0) is 5.41 Å². The van der Waals surface area contributed by atoms with Crippen LogP contribution in [0.3, 0.4) is 0 Å². The van der Waals surface area contributed by atoms with E-state index in [1.54, 1.807) is 0 Å². The van der Waals surface area contributed by atoms with Crippen molar-refractivity contribution in [2.75, 3.05) is 0 Å². The molecule has 0 N–H and O–H groups in total. The van der Waals surface area contributed by atoms with Crippen molar-refractivity contribution < 1.29 is 0 Å². The Morgan fingerprint density at radius 3 is 1.83 bits per heavy atom. The lowest BCUT2D eigenvalue weighted by atomic mass is 9.80. The highest BCUT2D eigenvalue weighted by Crippen LogP contribution is 2.54. The number of pyridine rings is 1. The van der Waals surface area contributed by atoms with Crippen LogP contribution in [-0.4, -0.2) is 15.0 Å². The monoisotopic (exact) mass is 835 g/mol. The Morgan fingerprint density at radius 2 is 1.02 bits per heavy atom. The maximum Gasteiger partial charge on any atom is 0.160 e. The van der Waals surface area contributed by atoms with Gasteiger partial charge in [0, 0.05) is 60.2 Å². The molecular weight excluding hydrogens is 795 g/mol. The molecule has 11 aromatic rings. The zero-order valence-electron chi connectivity index (χ0n) is 35.5. The van der Waals surface area contributed by atoms with E-state index in [9.17, 15) is 0 Å². The molecule has 12 rings (SSSR count). The minimum absolute atomic E-state index is 0.128. The molecule has 302 valence electrons. The van der Waals surface area contributed by atoms with Gasteiger partial charge in [-0.1, -0.05) is 159 Å². The number of nitrogens with zero attached hydrogens (tertiary/aromatic N) is 3. The maximum absolute atomic E-state index is 5.34. The van der Waals surface area contributed by atoms with Gasteiger partial charge in [-0.3, -0.25) is 4.98 Å². The third-order valence-electron chi connectivity index (χ3n) is 13.0. The van der Waals surface area contributed by atoms with Gasteiger partial charge in [-0.15, -0.1) is 11.3 Å². The van der Waals surface area contributed by atoms with Crippen molar-refractivity contribution in [2.24, 2.45) is 0 Å². The fourth-order valence-electron chi connectivity index (χ4n) is 9.80. The van der Waals surface area contributed by atoms with E-state index in [2.05, 4.69) is 207 Å². The van der Waals surface area contributed by atoms with E-state index in [0.29, 0.717) is 5.82 Å². The number of fused-ring (bicyclic) bond motifs is 6. The van der Waals surface area contributed by atoms with Crippen molar-refractivity contribution in [1.29, 1.82) is 0 Å². The lowest BCUT2D eigenvalue weighted by molar-refractivity contribution is 0.660. The van der Waals surface area contributed by atoms with Crippen LogP contribution in [0.1, 0.15) is 25.0 Å². The van der Waals surface area contributed by atoms with E-state index in [1.807, 2.05) is 35.9 Å². The third-order valence-corrected chi connectivity index (χ3v) is 14.1. The fourth-order valence-corrected chi connectivity index (χ4v) is 10.9. The van der Waals surface area contributed by atoms with E-state index in [4.69, 9.17) is 9.97 Å². The van der Waals surface area contributed by atoms with Gasteiger partial charge < -0.3 is 0 Å². The number of benzene rings is 8. The van der Waals surface area contributed by atoms with Crippen LogP contribution in [0.15, 0.2) is 213 Å². The Labute approximate surface area is 377 Å². The molecule has 4 heteroatoms. The minimum atomic E-state index is -0.128. The molecule has 1 aliphatic rings. The average Bonchev–Trinajstić information content (AvgIpc) is 3.85. The zero-order chi connectivity index (χ0) is 42.8. The molecule has 0 saturated carbocycles. The van der Waals surface area contributed by atoms with Crippen LogP contribution in [0.2, 0.25) is 0 Å². The van der Waals surface area contributed by atoms with E-state index in [0.717, 1.165) is 61.5 Å². The summed E-state index contributed by atoms with van der Waals surface area (Å²) < 4.78 is 2.60. The van der Waals surface area contributed by atoms with Crippen molar-refractivity contribution in [2.45, 2.75) is 19.3 Å². The first-order valence-corrected chi connectivity index (χ1v) is 22.6. The van der Waals surface area contributed by atoms with E-state index in [-0.39, 0.29) is 5.41 Å². The summed E-state index contributed by atoms with van der Waals surface area (Å²) in [7, 11) is 0. The van der Waals surface area contributed by atoms with E-state index in [1.165, 1.54) is 53.6 Å². The molecular formula is C60H41N3S. The van der Waals surface area contributed by atoms with Crippen molar-refractivity contribution in [3.8, 4) is 89.5 Å². The molecule has 0 radical (unpaired) electrons. The van der Waals surface area contributed by atoms with Crippen LogP contribution in [0.25, 0.3) is 110 Å². The van der Waals surface area contributed by atoms with Gasteiger partial charge in [0.05, 0.1) is 11.4 Å². The first-order valence-electron chi connectivity index (χ1n) is 21.8. The Balaban J connectivity index is 1.04. The molecule has 0 atom stereocenters. The molecule has 0 saturated heterocycles. The number of thiophene rings is 1. The molecule has 0 aliphatic heterocycles. The second-order valence-electron chi connectivity index (χ2n) is 17.2. The topological polar surface area (TPSA) is 38.7 Å². The highest BCUT2D eigenvalue weighted by atomic mass is 32.1. The molecule has 0 bridgehead atoms. The Hall–Kier alpha value is -7.79. The van der Waals surface area contributed by atoms with Gasteiger partial charge in [-0.05, 0) is 116 Å². The summed E-state index contributed by atoms with van der Waals surface area (Å²) in [6.07, 6.45) is 3.85. The molecule has 3 aromatic heterocycles. The van der Waals surface area contributed by atoms with Gasteiger partial charge in [-0.2, -0.15) is 0 Å². The van der Waals surface area contributed by atoms with Gasteiger partial charge >= 0.3 is 0 Å². The Kier molecular flexibility index (Phi) is 9.03. The second-order valence-corrected chi connectivity index (χ2v) is 18.3. The Bertz CT molecular complexity index is 3570. The summed E-state index contributed by atoms with van der Waals surface area (Å²) in [5.74, 6) is 0.684. The fraction of sp³-hybridized carbons (Fsp3) is 0.0500. The number of rotatable bonds is 7. The molecule has 0 unspecified atom stereocenters. The molecule has 0 amide bonds. The van der Waals surface area contributed by atoms with Crippen LogP contribution in [0.5, 0.6) is 0 Å². The summed E-state index contributed by atoms with van der Waals surface area (Å²) in [5, 5.41) is 2.57. The Morgan fingerprint density at radius 1 is 0.375 bits per heavy atom. The van der Waals surface area contributed by atoms with Crippen molar-refractivity contribution >= 4 is 31.5 Å². The summed E-state index contributed by atoms with van der Waals surface area (Å²) >= 11 is 1.85. The third kappa shape index (κ3) is 6.45. The van der Waals surface area contributed by atoms with Crippen molar-refractivity contribution in [3.05, 3.63) is 224 Å². The lowest BCUT2D eigenvalue weighted by Crippen LogP contribution is -2.14. The number of aromatic nitrogens is 3. The minimum Gasteiger partial charge on any atom is -0.264 e. The predicted molar refractivity (Wildman–Crippen MR) is 268 cm³/mol. The molecule has 64 heavy (non-hydrogen) atoms. The molecule has 0 fully saturated rings. The quantitative estimate of drug-likeness (QED) is 0.161. The summed E-state index contributed by atoms with van der Waals surface area (Å²) in [6.45, 7) is 4.68. The average molecular weight is 836 g/mol. The number of hydrogen-bond donors (Lipinski definition) is 0. The molecule has 0 spiro atoms. The van der Waals surface area contributed by atoms with Crippen LogP contribution in [0.4, 0.5) is 0 Å². The molecule has 3 heterocycles. The van der Waals surface area contributed by atoms with Crippen LogP contribution < -0.4 is 0 Å². The zero-order valence-corrected chi connectivity index (χ0v) is 36.3. The standard InChI is InChI=1S/C60H41N3S/c1-60(2)51-24-11-9-23-49(51)58-52(60)28-27-47(57(58)43-21-14-30-61-37-43)41-19-13-20-42(31-41)53-36-54(63-59(62-53)39-17-7-4-8-18-39)46-33-44(38-15-5-3-6-16-38)32-45(34-46)40-26-29-56-50(35-40)48-22-10-12-25-55(48)64-56/h3-37H,1-2H3. The van der Waals surface area contributed by atoms with Crippen molar-refractivity contribution in [3.63, 3.8) is 0 Å². The molecule has 8 aromatic carbocycles. The predicted octanol–water partition coefficient (Wildman–Crippen LogP) is 16.2. The highest BCUT2D eigenvalue weighted by molar-refractivity contribution is 7.25. The smallest absolute Gasteiger partial charge is 0.160 e. The summed E-state index contributed by atoms with van der Waals surface area (Å²) in [5.41, 5.74) is 19.1. The normalized spacial score (nSPS) is 12.7. The van der Waals surface area contributed by atoms with E-state index < -0.39 is 0 Å². The second kappa shape index (κ2) is 15.2. The van der Waals surface area contributed by atoms with Gasteiger partial charge in [0.1, 0.15) is 0 Å². The summed E-state index contributed by atoms with van der Waals surface area (Å²) in [6, 6.07) is 72.2. The molecule has 1 aliphatic carbocycles. The summed E-state index contributed by atoms with van der Waals surface area (Å²) in [4.78, 5) is 15.3. The highest BCUT2D eigenvalue weighted by Gasteiger charge is 2.37. The van der Waals surface area contributed by atoms with Gasteiger partial charge in [-0.25, -0.2) is 9.97 Å².